The minimum atomic E-state index is -0.937. The zero-order valence-corrected chi connectivity index (χ0v) is 11.2. The molecule has 1 aromatic carbocycles. The molecule has 0 saturated carbocycles. The summed E-state index contributed by atoms with van der Waals surface area (Å²) in [6, 6.07) is 4.61. The Balaban J connectivity index is 2.78. The molecule has 4 N–H and O–H groups in total. The first-order valence-corrected chi connectivity index (χ1v) is 6.11. The Morgan fingerprint density at radius 3 is 2.35 bits per heavy atom. The highest BCUT2D eigenvalue weighted by Gasteiger charge is 2.21. The smallest absolute Gasteiger partial charge is 0.314 e. The van der Waals surface area contributed by atoms with Gasteiger partial charge in [0.15, 0.2) is 0 Å². The summed E-state index contributed by atoms with van der Waals surface area (Å²) < 4.78 is 0. The Morgan fingerprint density at radius 2 is 1.80 bits per heavy atom. The van der Waals surface area contributed by atoms with Crippen molar-refractivity contribution in [2.24, 2.45) is 0 Å². The first-order valence-electron chi connectivity index (χ1n) is 6.11. The van der Waals surface area contributed by atoms with E-state index in [1.165, 1.54) is 12.1 Å². The van der Waals surface area contributed by atoms with E-state index in [4.69, 9.17) is 10.2 Å². The number of benzene rings is 1. The van der Waals surface area contributed by atoms with Crippen LogP contribution >= 0.6 is 0 Å². The molecular formula is C13H18N2O5. The second-order valence-electron chi connectivity index (χ2n) is 4.21. The monoisotopic (exact) mass is 282 g/mol. The highest BCUT2D eigenvalue weighted by molar-refractivity contribution is 6.39. The van der Waals surface area contributed by atoms with E-state index in [1.807, 2.05) is 0 Å². The van der Waals surface area contributed by atoms with Gasteiger partial charge in [0.1, 0.15) is 5.75 Å². The van der Waals surface area contributed by atoms with Crippen molar-refractivity contribution < 1.29 is 24.9 Å². The van der Waals surface area contributed by atoms with Gasteiger partial charge in [-0.2, -0.15) is 0 Å². The summed E-state index contributed by atoms with van der Waals surface area (Å²) in [4.78, 5) is 24.7. The van der Waals surface area contributed by atoms with Gasteiger partial charge in [-0.15, -0.1) is 0 Å². The molecule has 0 fully saturated rings. The lowest BCUT2D eigenvalue weighted by atomic mass is 10.2. The maximum Gasteiger partial charge on any atom is 0.314 e. The van der Waals surface area contributed by atoms with Crippen molar-refractivity contribution in [1.29, 1.82) is 0 Å². The van der Waals surface area contributed by atoms with Gasteiger partial charge in [0, 0.05) is 13.1 Å². The lowest BCUT2D eigenvalue weighted by Gasteiger charge is -2.20. The van der Waals surface area contributed by atoms with Crippen LogP contribution in [0.1, 0.15) is 5.56 Å². The number of phenols is 1. The molecule has 1 rings (SSSR count). The van der Waals surface area contributed by atoms with Crippen LogP contribution in [0.3, 0.4) is 0 Å². The number of nitrogens with zero attached hydrogens (tertiary/aromatic N) is 1. The number of carbonyl (C=O) groups is 2. The molecule has 2 amide bonds. The highest BCUT2D eigenvalue weighted by atomic mass is 16.3. The van der Waals surface area contributed by atoms with E-state index in [0.29, 0.717) is 0 Å². The molecule has 0 bridgehead atoms. The zero-order valence-electron chi connectivity index (χ0n) is 11.2. The topological polar surface area (TPSA) is 110 Å². The Kier molecular flexibility index (Phi) is 5.95. The van der Waals surface area contributed by atoms with E-state index in [9.17, 15) is 14.7 Å². The second kappa shape index (κ2) is 7.46. The third-order valence-corrected chi connectivity index (χ3v) is 2.62. The van der Waals surface area contributed by atoms with E-state index < -0.39 is 11.8 Å². The number of hydrogen-bond donors (Lipinski definition) is 4. The number of nitrogens with one attached hydrogen (secondary N) is 1. The molecule has 7 nitrogen and oxygen atoms in total. The van der Waals surface area contributed by atoms with Crippen molar-refractivity contribution in [3.63, 3.8) is 0 Å². The zero-order chi connectivity index (χ0) is 15.1. The molecule has 110 valence electrons. The molecule has 20 heavy (non-hydrogen) atoms. The first kappa shape index (κ1) is 15.9. The molecule has 0 radical (unpaired) electrons. The molecule has 0 spiro atoms. The number of phenolic OH excluding ortho intramolecular Hbond substituents is 1. The Hall–Kier alpha value is -2.12. The molecule has 0 aliphatic rings. The van der Waals surface area contributed by atoms with Crippen LogP contribution in [0.2, 0.25) is 0 Å². The molecule has 1 aromatic rings. The number of aryl methyl sites for hydroxylation is 1. The van der Waals surface area contributed by atoms with Gasteiger partial charge < -0.3 is 25.5 Å². The first-order chi connectivity index (χ1) is 9.49. The van der Waals surface area contributed by atoms with E-state index in [0.717, 1.165) is 10.5 Å². The van der Waals surface area contributed by atoms with Gasteiger partial charge >= 0.3 is 11.8 Å². The average Bonchev–Trinajstić information content (AvgIpc) is 2.41. The van der Waals surface area contributed by atoms with Crippen LogP contribution in [0, 0.1) is 6.92 Å². The standard InChI is InChI=1S/C13H18N2O5/c1-9-2-3-11(18)10(8-9)14-12(19)13(20)15(4-6-16)5-7-17/h2-3,8,16-18H,4-7H2,1H3,(H,14,19). The average molecular weight is 282 g/mol. The third kappa shape index (κ3) is 4.22. The van der Waals surface area contributed by atoms with Crippen LogP contribution in [0.25, 0.3) is 0 Å². The molecule has 0 aliphatic carbocycles. The summed E-state index contributed by atoms with van der Waals surface area (Å²) in [5.41, 5.74) is 0.949. The molecule has 0 atom stereocenters. The quantitative estimate of drug-likeness (QED) is 0.428. The summed E-state index contributed by atoms with van der Waals surface area (Å²) in [6.45, 7) is 1.06. The van der Waals surface area contributed by atoms with Crippen molar-refractivity contribution in [2.75, 3.05) is 31.6 Å². The maximum absolute atomic E-state index is 11.8. The summed E-state index contributed by atoms with van der Waals surface area (Å²) >= 11 is 0. The van der Waals surface area contributed by atoms with Crippen molar-refractivity contribution >= 4 is 17.5 Å². The van der Waals surface area contributed by atoms with Gasteiger partial charge in [0.05, 0.1) is 18.9 Å². The van der Waals surface area contributed by atoms with Gasteiger partial charge in [-0.3, -0.25) is 9.59 Å². The van der Waals surface area contributed by atoms with Crippen molar-refractivity contribution in [1.82, 2.24) is 4.90 Å². The minimum Gasteiger partial charge on any atom is -0.506 e. The van der Waals surface area contributed by atoms with E-state index in [1.54, 1.807) is 13.0 Å². The number of amides is 2. The van der Waals surface area contributed by atoms with Crippen LogP contribution in [-0.4, -0.2) is 58.3 Å². The van der Waals surface area contributed by atoms with Crippen molar-refractivity contribution in [3.8, 4) is 5.75 Å². The van der Waals surface area contributed by atoms with Crippen molar-refractivity contribution in [2.45, 2.75) is 6.92 Å². The minimum absolute atomic E-state index is 0.0490. The Morgan fingerprint density at radius 1 is 1.20 bits per heavy atom. The fourth-order valence-corrected chi connectivity index (χ4v) is 1.63. The number of carbonyl (C=O) groups excluding carboxylic acids is 2. The molecule has 7 heteroatoms. The van der Waals surface area contributed by atoms with E-state index >= 15 is 0 Å². The van der Waals surface area contributed by atoms with Crippen LogP contribution in [0.15, 0.2) is 18.2 Å². The van der Waals surface area contributed by atoms with Crippen LogP contribution < -0.4 is 5.32 Å². The largest absolute Gasteiger partial charge is 0.506 e. The normalized spacial score (nSPS) is 10.2. The number of aromatic hydroxyl groups is 1. The number of rotatable bonds is 5. The molecular weight excluding hydrogens is 264 g/mol. The summed E-state index contributed by atoms with van der Waals surface area (Å²) in [6.07, 6.45) is 0. The predicted molar refractivity (Wildman–Crippen MR) is 72.2 cm³/mol. The number of hydrogen-bond acceptors (Lipinski definition) is 5. The maximum atomic E-state index is 11.8. The lowest BCUT2D eigenvalue weighted by Crippen LogP contribution is -2.42. The molecule has 0 aromatic heterocycles. The number of aliphatic hydroxyl groups is 2. The summed E-state index contributed by atoms with van der Waals surface area (Å²) in [5.74, 6) is -1.96. The fraction of sp³-hybridized carbons (Fsp3) is 0.385. The van der Waals surface area contributed by atoms with Gasteiger partial charge in [-0.1, -0.05) is 6.07 Å². The number of anilines is 1. The van der Waals surface area contributed by atoms with Crippen LogP contribution in [-0.2, 0) is 9.59 Å². The van der Waals surface area contributed by atoms with Crippen LogP contribution in [0.4, 0.5) is 5.69 Å². The van der Waals surface area contributed by atoms with Crippen molar-refractivity contribution in [3.05, 3.63) is 23.8 Å². The highest BCUT2D eigenvalue weighted by Crippen LogP contribution is 2.23. The SMILES string of the molecule is Cc1ccc(O)c(NC(=O)C(=O)N(CCO)CCO)c1. The molecule has 0 saturated heterocycles. The lowest BCUT2D eigenvalue weighted by molar-refractivity contribution is -0.143. The van der Waals surface area contributed by atoms with E-state index in [2.05, 4.69) is 5.32 Å². The molecule has 0 aliphatic heterocycles. The number of aliphatic hydroxyl groups excluding tert-OH is 2. The molecule has 0 heterocycles. The van der Waals surface area contributed by atoms with Crippen LogP contribution in [0.5, 0.6) is 5.75 Å². The van der Waals surface area contributed by atoms with Gasteiger partial charge in [0.25, 0.3) is 0 Å². The Labute approximate surface area is 116 Å². The third-order valence-electron chi connectivity index (χ3n) is 2.62. The Bertz CT molecular complexity index is 484. The summed E-state index contributed by atoms with van der Waals surface area (Å²) in [5, 5.41) is 29.5. The van der Waals surface area contributed by atoms with Gasteiger partial charge in [-0.25, -0.2) is 0 Å². The second-order valence-corrected chi connectivity index (χ2v) is 4.21. The predicted octanol–water partition coefficient (Wildman–Crippen LogP) is -0.548. The van der Waals surface area contributed by atoms with Gasteiger partial charge in [0.2, 0.25) is 0 Å². The molecule has 0 unspecified atom stereocenters. The fourth-order valence-electron chi connectivity index (χ4n) is 1.63. The van der Waals surface area contributed by atoms with Gasteiger partial charge in [-0.05, 0) is 24.6 Å². The summed E-state index contributed by atoms with van der Waals surface area (Å²) in [7, 11) is 0. The van der Waals surface area contributed by atoms with E-state index in [-0.39, 0.29) is 37.7 Å².